The molecule has 1 saturated carbocycles. The van der Waals surface area contributed by atoms with Gasteiger partial charge in [-0.3, -0.25) is 4.79 Å². The summed E-state index contributed by atoms with van der Waals surface area (Å²) in [6, 6.07) is 4.27. The van der Waals surface area contributed by atoms with Gasteiger partial charge < -0.3 is 5.32 Å². The van der Waals surface area contributed by atoms with Gasteiger partial charge in [-0.1, -0.05) is 23.7 Å². The minimum atomic E-state index is -4.42. The predicted octanol–water partition coefficient (Wildman–Crippen LogP) is 4.78. The Balaban J connectivity index is 1.86. The molecule has 0 atom stereocenters. The fraction of sp³-hybridized carbons (Fsp3) is 0.412. The molecule has 1 N–H and O–H groups in total. The van der Waals surface area contributed by atoms with Crippen molar-refractivity contribution in [2.45, 2.75) is 37.3 Å². The van der Waals surface area contributed by atoms with E-state index in [4.69, 9.17) is 11.6 Å². The summed E-state index contributed by atoms with van der Waals surface area (Å²) in [6.07, 6.45) is -3.04. The zero-order chi connectivity index (χ0) is 18.7. The number of fused-ring (bicyclic) bond motifs is 1. The first-order valence-corrected chi connectivity index (χ1v) is 9.63. The number of alkyl halides is 3. The lowest BCUT2D eigenvalue weighted by atomic mass is 9.90. The number of carbonyl (C=O) groups is 1. The van der Waals surface area contributed by atoms with Crippen molar-refractivity contribution in [3.05, 3.63) is 43.7 Å². The molecule has 1 aliphatic heterocycles. The van der Waals surface area contributed by atoms with Crippen LogP contribution < -0.4 is 5.32 Å². The van der Waals surface area contributed by atoms with Gasteiger partial charge in [-0.2, -0.15) is 23.0 Å². The third-order valence-corrected chi connectivity index (χ3v) is 6.13. The van der Waals surface area contributed by atoms with E-state index in [1.165, 1.54) is 22.9 Å². The van der Waals surface area contributed by atoms with E-state index in [0.717, 1.165) is 18.7 Å². The van der Waals surface area contributed by atoms with Crippen LogP contribution in [0.3, 0.4) is 0 Å². The summed E-state index contributed by atoms with van der Waals surface area (Å²) in [5, 5.41) is 7.48. The van der Waals surface area contributed by atoms with Crippen molar-refractivity contribution in [1.29, 1.82) is 0 Å². The molecule has 138 valence electrons. The summed E-state index contributed by atoms with van der Waals surface area (Å²) in [5.74, 6) is -0.607. The van der Waals surface area contributed by atoms with E-state index in [9.17, 15) is 18.0 Å². The highest BCUT2D eigenvalue weighted by Gasteiger charge is 2.65. The second-order valence-corrected chi connectivity index (χ2v) is 8.03. The van der Waals surface area contributed by atoms with Crippen molar-refractivity contribution in [3.63, 3.8) is 0 Å². The second kappa shape index (κ2) is 6.12. The number of halogens is 5. The van der Waals surface area contributed by atoms with E-state index in [1.54, 1.807) is 0 Å². The van der Waals surface area contributed by atoms with Crippen molar-refractivity contribution >= 4 is 45.8 Å². The first-order chi connectivity index (χ1) is 12.3. The summed E-state index contributed by atoms with van der Waals surface area (Å²) in [5.41, 5.74) is -0.674. The zero-order valence-electron chi connectivity index (χ0n) is 13.5. The quantitative estimate of drug-likeness (QED) is 0.610. The zero-order valence-corrected chi connectivity index (χ0v) is 16.4. The minimum absolute atomic E-state index is 0.0195. The minimum Gasteiger partial charge on any atom is -0.381 e. The maximum absolute atomic E-state index is 13.6. The van der Waals surface area contributed by atoms with Crippen LogP contribution in [0, 0.1) is 3.70 Å². The molecular formula is C17H14ClF3IN3O. The Morgan fingerprint density at radius 3 is 2.73 bits per heavy atom. The third kappa shape index (κ3) is 2.64. The molecule has 1 aliphatic carbocycles. The molecule has 0 radical (unpaired) electrons. The van der Waals surface area contributed by atoms with E-state index in [2.05, 4.69) is 10.4 Å². The largest absolute Gasteiger partial charge is 0.398 e. The van der Waals surface area contributed by atoms with Gasteiger partial charge in [0, 0.05) is 6.54 Å². The van der Waals surface area contributed by atoms with Gasteiger partial charge in [0.05, 0.1) is 27.4 Å². The summed E-state index contributed by atoms with van der Waals surface area (Å²) >= 11 is 8.22. The highest BCUT2D eigenvalue weighted by Crippen LogP contribution is 2.60. The lowest BCUT2D eigenvalue weighted by Gasteiger charge is -2.23. The Hall–Kier alpha value is -1.29. The molecule has 1 fully saturated rings. The summed E-state index contributed by atoms with van der Waals surface area (Å²) in [6.45, 7) is 0.775. The molecule has 2 heterocycles. The number of nitrogens with one attached hydrogen (secondary N) is 1. The molecular weight excluding hydrogens is 482 g/mol. The number of anilines is 1. The molecule has 0 bridgehead atoms. The van der Waals surface area contributed by atoms with Gasteiger partial charge in [-0.05, 0) is 59.9 Å². The van der Waals surface area contributed by atoms with E-state index in [-0.39, 0.29) is 29.0 Å². The van der Waals surface area contributed by atoms with E-state index < -0.39 is 17.5 Å². The van der Waals surface area contributed by atoms with Crippen molar-refractivity contribution in [3.8, 4) is 0 Å². The Kier molecular flexibility index (Phi) is 4.26. The smallest absolute Gasteiger partial charge is 0.381 e. The lowest BCUT2D eigenvalue weighted by molar-refractivity contribution is -0.160. The molecule has 4 nitrogen and oxygen atoms in total. The van der Waals surface area contributed by atoms with Crippen molar-refractivity contribution in [2.75, 3.05) is 11.9 Å². The SMILES string of the molecule is O=C(c1c(Cl)cccc1C1(C(F)(F)F)CC1)n1nc(I)c2c1CCCN2. The van der Waals surface area contributed by atoms with Gasteiger partial charge in [-0.25, -0.2) is 0 Å². The molecule has 2 aromatic rings. The normalized spacial score (nSPS) is 18.2. The number of aromatic nitrogens is 2. The fourth-order valence-electron chi connectivity index (χ4n) is 3.54. The van der Waals surface area contributed by atoms with Crippen molar-refractivity contribution in [1.82, 2.24) is 9.78 Å². The monoisotopic (exact) mass is 495 g/mol. The van der Waals surface area contributed by atoms with Gasteiger partial charge >= 0.3 is 6.18 Å². The third-order valence-electron chi connectivity index (χ3n) is 5.06. The Bertz CT molecular complexity index is 905. The average molecular weight is 496 g/mol. The standard InChI is InChI=1S/C17H14ClF3IN3O/c18-10-4-1-3-9(16(6-7-16)17(19,20)21)12(10)15(26)25-11-5-2-8-23-13(11)14(22)24-25/h1,3-4,23H,2,5-8H2. The first kappa shape index (κ1) is 18.1. The maximum Gasteiger partial charge on any atom is 0.398 e. The number of hydrogen-bond donors (Lipinski definition) is 1. The van der Waals surface area contributed by atoms with Gasteiger partial charge in [0.25, 0.3) is 5.91 Å². The second-order valence-electron chi connectivity index (χ2n) is 6.60. The maximum atomic E-state index is 13.6. The van der Waals surface area contributed by atoms with E-state index in [0.29, 0.717) is 15.8 Å². The average Bonchev–Trinajstić information content (AvgIpc) is 3.35. The lowest BCUT2D eigenvalue weighted by Crippen LogP contribution is -2.32. The topological polar surface area (TPSA) is 46.9 Å². The molecule has 1 aromatic heterocycles. The van der Waals surface area contributed by atoms with E-state index in [1.807, 2.05) is 22.6 Å². The Labute approximate surface area is 166 Å². The molecule has 0 unspecified atom stereocenters. The van der Waals surface area contributed by atoms with Crippen LogP contribution in [-0.4, -0.2) is 28.4 Å². The number of benzene rings is 1. The molecule has 1 aromatic carbocycles. The highest BCUT2D eigenvalue weighted by molar-refractivity contribution is 14.1. The number of rotatable bonds is 2. The van der Waals surface area contributed by atoms with Gasteiger partial charge in [-0.15, -0.1) is 0 Å². The molecule has 2 aliphatic rings. The van der Waals surface area contributed by atoms with Crippen LogP contribution in [0.1, 0.15) is 40.9 Å². The van der Waals surface area contributed by atoms with E-state index >= 15 is 0 Å². The van der Waals surface area contributed by atoms with Crippen LogP contribution in [0.4, 0.5) is 18.9 Å². The summed E-state index contributed by atoms with van der Waals surface area (Å²) < 4.78 is 42.8. The van der Waals surface area contributed by atoms with Gasteiger partial charge in [0.1, 0.15) is 3.70 Å². The fourth-order valence-corrected chi connectivity index (χ4v) is 4.52. The Morgan fingerprint density at radius 1 is 1.35 bits per heavy atom. The summed E-state index contributed by atoms with van der Waals surface area (Å²) in [4.78, 5) is 13.2. The molecule has 26 heavy (non-hydrogen) atoms. The molecule has 0 amide bonds. The number of carbonyl (C=O) groups excluding carboxylic acids is 1. The predicted molar refractivity (Wildman–Crippen MR) is 99.9 cm³/mol. The van der Waals surface area contributed by atoms with Crippen LogP contribution in [0.5, 0.6) is 0 Å². The first-order valence-electron chi connectivity index (χ1n) is 8.18. The summed E-state index contributed by atoms with van der Waals surface area (Å²) in [7, 11) is 0. The van der Waals surface area contributed by atoms with Crippen LogP contribution in [0.15, 0.2) is 18.2 Å². The molecule has 4 rings (SSSR count). The van der Waals surface area contributed by atoms with Crippen molar-refractivity contribution < 1.29 is 18.0 Å². The van der Waals surface area contributed by atoms with Gasteiger partial charge in [0.15, 0.2) is 0 Å². The highest BCUT2D eigenvalue weighted by atomic mass is 127. The number of hydrogen-bond acceptors (Lipinski definition) is 3. The Morgan fingerprint density at radius 2 is 2.08 bits per heavy atom. The van der Waals surface area contributed by atoms with Crippen LogP contribution in [0.25, 0.3) is 0 Å². The van der Waals surface area contributed by atoms with Gasteiger partial charge in [0.2, 0.25) is 0 Å². The molecule has 9 heteroatoms. The van der Waals surface area contributed by atoms with Crippen LogP contribution in [-0.2, 0) is 11.8 Å². The number of nitrogens with zero attached hydrogens (tertiary/aromatic N) is 2. The molecule has 0 spiro atoms. The molecule has 0 saturated heterocycles. The van der Waals surface area contributed by atoms with Crippen LogP contribution >= 0.6 is 34.2 Å². The van der Waals surface area contributed by atoms with Crippen LogP contribution in [0.2, 0.25) is 5.02 Å². The van der Waals surface area contributed by atoms with Crippen molar-refractivity contribution in [2.24, 2.45) is 0 Å².